The minimum absolute atomic E-state index is 0.307. The van der Waals surface area contributed by atoms with Crippen molar-refractivity contribution >= 4 is 22.5 Å². The number of hydrogen-bond acceptors (Lipinski definition) is 3. The highest BCUT2D eigenvalue weighted by Crippen LogP contribution is 2.18. The van der Waals surface area contributed by atoms with E-state index in [0.717, 1.165) is 12.8 Å². The van der Waals surface area contributed by atoms with Crippen LogP contribution in [0.5, 0.6) is 0 Å². The Morgan fingerprint density at radius 3 is 2.60 bits per heavy atom. The summed E-state index contributed by atoms with van der Waals surface area (Å²) >= 11 is 4.08. The van der Waals surface area contributed by atoms with Crippen LogP contribution in [0, 0.1) is 5.92 Å². The fraction of sp³-hybridized carbons (Fsp3) is 1.00. The summed E-state index contributed by atoms with van der Waals surface area (Å²) in [5, 5.41) is 0. The van der Waals surface area contributed by atoms with Crippen LogP contribution < -0.4 is 0 Å². The SMILES string of the molecule is O=S1(=O)CCCC(CS)C1. The Hall–Kier alpha value is 0.300. The minimum atomic E-state index is -2.69. The molecule has 0 aliphatic carbocycles. The van der Waals surface area contributed by atoms with E-state index in [0.29, 0.717) is 23.2 Å². The van der Waals surface area contributed by atoms with E-state index in [1.165, 1.54) is 0 Å². The third kappa shape index (κ3) is 2.16. The highest BCUT2D eigenvalue weighted by molar-refractivity contribution is 7.91. The third-order valence-corrected chi connectivity index (χ3v) is 4.22. The van der Waals surface area contributed by atoms with Gasteiger partial charge in [-0.1, -0.05) is 0 Å². The zero-order valence-electron chi connectivity index (χ0n) is 5.78. The first-order valence-electron chi connectivity index (χ1n) is 3.45. The van der Waals surface area contributed by atoms with Crippen LogP contribution in [-0.4, -0.2) is 25.7 Å². The zero-order valence-corrected chi connectivity index (χ0v) is 7.50. The molecule has 0 aromatic rings. The molecule has 0 radical (unpaired) electrons. The molecule has 1 unspecified atom stereocenters. The molecule has 1 aliphatic rings. The predicted molar refractivity (Wildman–Crippen MR) is 45.2 cm³/mol. The van der Waals surface area contributed by atoms with Gasteiger partial charge in [0.2, 0.25) is 0 Å². The van der Waals surface area contributed by atoms with E-state index in [4.69, 9.17) is 0 Å². The average molecular weight is 180 g/mol. The summed E-state index contributed by atoms with van der Waals surface area (Å²) in [5.74, 6) is 1.76. The second-order valence-electron chi connectivity index (χ2n) is 2.81. The van der Waals surface area contributed by atoms with Gasteiger partial charge >= 0.3 is 0 Å². The lowest BCUT2D eigenvalue weighted by Crippen LogP contribution is -2.25. The molecule has 0 N–H and O–H groups in total. The summed E-state index contributed by atoms with van der Waals surface area (Å²) in [7, 11) is -2.69. The van der Waals surface area contributed by atoms with E-state index < -0.39 is 9.84 Å². The average Bonchev–Trinajstić information content (AvgIpc) is 1.86. The molecule has 1 heterocycles. The highest BCUT2D eigenvalue weighted by Gasteiger charge is 2.23. The molecule has 4 heteroatoms. The maximum atomic E-state index is 11.0. The number of hydrogen-bond donors (Lipinski definition) is 1. The minimum Gasteiger partial charge on any atom is -0.229 e. The molecule has 1 aliphatic heterocycles. The maximum absolute atomic E-state index is 11.0. The lowest BCUT2D eigenvalue weighted by Gasteiger charge is -2.19. The van der Waals surface area contributed by atoms with Gasteiger partial charge in [-0.15, -0.1) is 0 Å². The van der Waals surface area contributed by atoms with Crippen molar-refractivity contribution in [2.24, 2.45) is 5.92 Å². The Morgan fingerprint density at radius 2 is 2.20 bits per heavy atom. The molecular formula is C6H12O2S2. The second kappa shape index (κ2) is 3.13. The van der Waals surface area contributed by atoms with Crippen molar-refractivity contribution in [2.75, 3.05) is 17.3 Å². The highest BCUT2D eigenvalue weighted by atomic mass is 32.2. The third-order valence-electron chi connectivity index (χ3n) is 1.82. The Morgan fingerprint density at radius 1 is 1.50 bits per heavy atom. The van der Waals surface area contributed by atoms with Crippen molar-refractivity contribution < 1.29 is 8.42 Å². The Balaban J connectivity index is 2.56. The van der Waals surface area contributed by atoms with Gasteiger partial charge < -0.3 is 0 Å². The van der Waals surface area contributed by atoms with Crippen LogP contribution in [0.15, 0.2) is 0 Å². The molecule has 1 fully saturated rings. The molecule has 1 atom stereocenters. The molecule has 0 amide bonds. The molecular weight excluding hydrogens is 168 g/mol. The first kappa shape index (κ1) is 8.40. The normalized spacial score (nSPS) is 31.9. The standard InChI is InChI=1S/C6H12O2S2/c7-10(8)3-1-2-6(4-9)5-10/h6,9H,1-5H2. The van der Waals surface area contributed by atoms with Gasteiger partial charge in [-0.2, -0.15) is 12.6 Å². The van der Waals surface area contributed by atoms with Crippen molar-refractivity contribution in [1.29, 1.82) is 0 Å². The van der Waals surface area contributed by atoms with Crippen LogP contribution in [-0.2, 0) is 9.84 Å². The fourth-order valence-electron chi connectivity index (χ4n) is 1.26. The van der Waals surface area contributed by atoms with Crippen LogP contribution in [0.3, 0.4) is 0 Å². The summed E-state index contributed by atoms with van der Waals surface area (Å²) in [6.45, 7) is 0. The predicted octanol–water partition coefficient (Wildman–Crippen LogP) is 0.741. The van der Waals surface area contributed by atoms with E-state index in [9.17, 15) is 8.42 Å². The molecule has 10 heavy (non-hydrogen) atoms. The van der Waals surface area contributed by atoms with Crippen molar-refractivity contribution in [3.8, 4) is 0 Å². The summed E-state index contributed by atoms with van der Waals surface area (Å²) < 4.78 is 22.0. The first-order valence-corrected chi connectivity index (χ1v) is 5.91. The van der Waals surface area contributed by atoms with E-state index >= 15 is 0 Å². The molecule has 2 nitrogen and oxygen atoms in total. The topological polar surface area (TPSA) is 34.1 Å². The Bertz CT molecular complexity index is 196. The van der Waals surface area contributed by atoms with Gasteiger partial charge in [-0.25, -0.2) is 8.42 Å². The summed E-state index contributed by atoms with van der Waals surface area (Å²) in [5.41, 5.74) is 0. The van der Waals surface area contributed by atoms with E-state index in [1.54, 1.807) is 0 Å². The smallest absolute Gasteiger partial charge is 0.150 e. The second-order valence-corrected chi connectivity index (χ2v) is 5.40. The van der Waals surface area contributed by atoms with Gasteiger partial charge in [0, 0.05) is 0 Å². The fourth-order valence-corrected chi connectivity index (χ4v) is 3.52. The first-order chi connectivity index (χ1) is 4.64. The van der Waals surface area contributed by atoms with Gasteiger partial charge in [0.15, 0.2) is 9.84 Å². The lowest BCUT2D eigenvalue weighted by atomic mass is 10.1. The molecule has 0 aromatic heterocycles. The van der Waals surface area contributed by atoms with E-state index in [2.05, 4.69) is 12.6 Å². The number of thiol groups is 1. The van der Waals surface area contributed by atoms with Crippen molar-refractivity contribution in [2.45, 2.75) is 12.8 Å². The monoisotopic (exact) mass is 180 g/mol. The summed E-state index contributed by atoms with van der Waals surface area (Å²) in [4.78, 5) is 0. The molecule has 0 bridgehead atoms. The van der Waals surface area contributed by atoms with Gasteiger partial charge in [-0.05, 0) is 24.5 Å². The molecule has 0 saturated carbocycles. The van der Waals surface area contributed by atoms with Gasteiger partial charge in [0.25, 0.3) is 0 Å². The van der Waals surface area contributed by atoms with Crippen molar-refractivity contribution in [3.63, 3.8) is 0 Å². The van der Waals surface area contributed by atoms with Crippen LogP contribution in [0.4, 0.5) is 0 Å². The number of sulfone groups is 1. The van der Waals surface area contributed by atoms with Gasteiger partial charge in [0.1, 0.15) is 0 Å². The molecule has 0 aromatic carbocycles. The lowest BCUT2D eigenvalue weighted by molar-refractivity contribution is 0.521. The largest absolute Gasteiger partial charge is 0.229 e. The van der Waals surface area contributed by atoms with E-state index in [1.807, 2.05) is 0 Å². The Kier molecular flexibility index (Phi) is 2.63. The van der Waals surface area contributed by atoms with Crippen LogP contribution in [0.25, 0.3) is 0 Å². The van der Waals surface area contributed by atoms with Crippen molar-refractivity contribution in [3.05, 3.63) is 0 Å². The summed E-state index contributed by atoms with van der Waals surface area (Å²) in [6, 6.07) is 0. The van der Waals surface area contributed by atoms with Crippen LogP contribution in [0.1, 0.15) is 12.8 Å². The number of rotatable bonds is 1. The van der Waals surface area contributed by atoms with Crippen LogP contribution in [0.2, 0.25) is 0 Å². The summed E-state index contributed by atoms with van der Waals surface area (Å²) in [6.07, 6.45) is 1.86. The molecule has 60 valence electrons. The van der Waals surface area contributed by atoms with E-state index in [-0.39, 0.29) is 0 Å². The maximum Gasteiger partial charge on any atom is 0.150 e. The molecule has 1 rings (SSSR count). The zero-order chi connectivity index (χ0) is 7.61. The van der Waals surface area contributed by atoms with Gasteiger partial charge in [0.05, 0.1) is 11.5 Å². The van der Waals surface area contributed by atoms with Crippen molar-refractivity contribution in [1.82, 2.24) is 0 Å². The molecule has 0 spiro atoms. The quantitative estimate of drug-likeness (QED) is 0.604. The van der Waals surface area contributed by atoms with Crippen LogP contribution >= 0.6 is 12.6 Å². The van der Waals surface area contributed by atoms with Gasteiger partial charge in [-0.3, -0.25) is 0 Å². The Labute approximate surface area is 67.3 Å². The molecule has 1 saturated heterocycles.